The van der Waals surface area contributed by atoms with Gasteiger partial charge in [0.25, 0.3) is 0 Å². The van der Waals surface area contributed by atoms with Gasteiger partial charge < -0.3 is 14.4 Å². The van der Waals surface area contributed by atoms with Crippen molar-refractivity contribution in [3.05, 3.63) is 18.2 Å². The summed E-state index contributed by atoms with van der Waals surface area (Å²) in [6, 6.07) is 0. The maximum absolute atomic E-state index is 12.9. The molecule has 6 heteroatoms. The standard InChI is InChI=1S/C20H35N5O/c1-3-4-11-24-13-8-21-20(24)18-7-5-12-25(16-18)19(26)17-23-10-6-9-22(2)14-15-23/h8,13,18H,3-7,9-12,14-17H2,1-2H3. The molecule has 6 nitrogen and oxygen atoms in total. The molecule has 2 saturated heterocycles. The van der Waals surface area contributed by atoms with Gasteiger partial charge in [-0.25, -0.2) is 4.98 Å². The normalized spacial score (nSPS) is 23.2. The molecule has 1 amide bonds. The highest BCUT2D eigenvalue weighted by atomic mass is 16.2. The number of aromatic nitrogens is 2. The van der Waals surface area contributed by atoms with E-state index in [0.717, 1.165) is 65.1 Å². The molecule has 1 atom stereocenters. The Morgan fingerprint density at radius 2 is 2.08 bits per heavy atom. The number of rotatable bonds is 6. The predicted octanol–water partition coefficient (Wildman–Crippen LogP) is 2.03. The highest BCUT2D eigenvalue weighted by Crippen LogP contribution is 2.26. The topological polar surface area (TPSA) is 44.6 Å². The number of aryl methyl sites for hydroxylation is 1. The van der Waals surface area contributed by atoms with Crippen LogP contribution < -0.4 is 0 Å². The largest absolute Gasteiger partial charge is 0.341 e. The quantitative estimate of drug-likeness (QED) is 0.778. The van der Waals surface area contributed by atoms with Gasteiger partial charge in [0.05, 0.1) is 6.54 Å². The van der Waals surface area contributed by atoms with Crippen molar-refractivity contribution in [3.63, 3.8) is 0 Å². The number of imidazole rings is 1. The number of unbranched alkanes of at least 4 members (excludes halogenated alkanes) is 1. The number of nitrogens with zero attached hydrogens (tertiary/aromatic N) is 5. The predicted molar refractivity (Wildman–Crippen MR) is 104 cm³/mol. The molecule has 0 spiro atoms. The summed E-state index contributed by atoms with van der Waals surface area (Å²) in [7, 11) is 2.17. The Kier molecular flexibility index (Phi) is 7.08. The fourth-order valence-electron chi connectivity index (χ4n) is 4.16. The number of likely N-dealkylation sites (tertiary alicyclic amines) is 1. The number of likely N-dealkylation sites (N-methyl/N-ethyl adjacent to an activating group) is 1. The highest BCUT2D eigenvalue weighted by molar-refractivity contribution is 5.78. The van der Waals surface area contributed by atoms with E-state index in [1.165, 1.54) is 18.7 Å². The summed E-state index contributed by atoms with van der Waals surface area (Å²) in [4.78, 5) is 24.3. The van der Waals surface area contributed by atoms with Gasteiger partial charge in [0.2, 0.25) is 5.91 Å². The van der Waals surface area contributed by atoms with Crippen LogP contribution in [0, 0.1) is 0 Å². The second-order valence-corrected chi connectivity index (χ2v) is 7.94. The number of amides is 1. The fraction of sp³-hybridized carbons (Fsp3) is 0.800. The Hall–Kier alpha value is -1.40. The van der Waals surface area contributed by atoms with Crippen molar-refractivity contribution in [3.8, 4) is 0 Å². The number of hydrogen-bond acceptors (Lipinski definition) is 4. The summed E-state index contributed by atoms with van der Waals surface area (Å²) in [5.74, 6) is 1.85. The van der Waals surface area contributed by atoms with Crippen LogP contribution >= 0.6 is 0 Å². The molecular formula is C20H35N5O. The molecular weight excluding hydrogens is 326 g/mol. The molecule has 3 rings (SSSR count). The third-order valence-electron chi connectivity index (χ3n) is 5.81. The van der Waals surface area contributed by atoms with E-state index >= 15 is 0 Å². The highest BCUT2D eigenvalue weighted by Gasteiger charge is 2.28. The van der Waals surface area contributed by atoms with Crippen LogP contribution in [0.4, 0.5) is 0 Å². The number of carbonyl (C=O) groups is 1. The van der Waals surface area contributed by atoms with Crippen LogP contribution in [0.15, 0.2) is 12.4 Å². The minimum atomic E-state index is 0.297. The van der Waals surface area contributed by atoms with Crippen LogP contribution in [0.2, 0.25) is 0 Å². The molecule has 0 radical (unpaired) electrons. The zero-order valence-electron chi connectivity index (χ0n) is 16.6. The fourth-order valence-corrected chi connectivity index (χ4v) is 4.16. The third-order valence-corrected chi connectivity index (χ3v) is 5.81. The summed E-state index contributed by atoms with van der Waals surface area (Å²) in [5, 5.41) is 0. The number of carbonyl (C=O) groups excluding carboxylic acids is 1. The molecule has 0 N–H and O–H groups in total. The van der Waals surface area contributed by atoms with Gasteiger partial charge in [-0.15, -0.1) is 0 Å². The van der Waals surface area contributed by atoms with Gasteiger partial charge in [-0.05, 0) is 45.8 Å². The molecule has 3 heterocycles. The van der Waals surface area contributed by atoms with Crippen LogP contribution in [0.3, 0.4) is 0 Å². The molecule has 0 aliphatic carbocycles. The summed E-state index contributed by atoms with van der Waals surface area (Å²) in [6.45, 7) is 9.80. The molecule has 1 aromatic rings. The van der Waals surface area contributed by atoms with E-state index in [-0.39, 0.29) is 0 Å². The molecule has 26 heavy (non-hydrogen) atoms. The van der Waals surface area contributed by atoms with Gasteiger partial charge in [-0.3, -0.25) is 9.69 Å². The molecule has 1 unspecified atom stereocenters. The van der Waals surface area contributed by atoms with Crippen LogP contribution in [-0.4, -0.2) is 83.0 Å². The molecule has 0 bridgehead atoms. The Morgan fingerprint density at radius 1 is 1.19 bits per heavy atom. The first kappa shape index (κ1) is 19.4. The lowest BCUT2D eigenvalue weighted by Gasteiger charge is -2.34. The van der Waals surface area contributed by atoms with E-state index in [4.69, 9.17) is 0 Å². The lowest BCUT2D eigenvalue weighted by molar-refractivity contribution is -0.133. The monoisotopic (exact) mass is 361 g/mol. The van der Waals surface area contributed by atoms with E-state index < -0.39 is 0 Å². The smallest absolute Gasteiger partial charge is 0.236 e. The van der Waals surface area contributed by atoms with E-state index in [1.807, 2.05) is 6.20 Å². The molecule has 2 aliphatic rings. The first-order valence-electron chi connectivity index (χ1n) is 10.4. The summed E-state index contributed by atoms with van der Waals surface area (Å²) < 4.78 is 2.30. The SMILES string of the molecule is CCCCn1ccnc1C1CCCN(C(=O)CN2CCCN(C)CC2)C1. The van der Waals surface area contributed by atoms with Crippen molar-refractivity contribution in [2.45, 2.75) is 51.5 Å². The zero-order chi connectivity index (χ0) is 18.4. The van der Waals surface area contributed by atoms with Gasteiger partial charge in [0.15, 0.2) is 0 Å². The Balaban J connectivity index is 1.56. The van der Waals surface area contributed by atoms with Crippen molar-refractivity contribution in [1.29, 1.82) is 0 Å². The maximum atomic E-state index is 12.9. The van der Waals surface area contributed by atoms with Gasteiger partial charge >= 0.3 is 0 Å². The summed E-state index contributed by atoms with van der Waals surface area (Å²) in [6.07, 6.45) is 9.77. The zero-order valence-corrected chi connectivity index (χ0v) is 16.6. The lowest BCUT2D eigenvalue weighted by atomic mass is 9.97. The van der Waals surface area contributed by atoms with Crippen molar-refractivity contribution >= 4 is 5.91 Å². The van der Waals surface area contributed by atoms with Crippen LogP contribution in [-0.2, 0) is 11.3 Å². The Bertz CT molecular complexity index is 572. The van der Waals surface area contributed by atoms with Gasteiger partial charge in [-0.1, -0.05) is 13.3 Å². The number of hydrogen-bond donors (Lipinski definition) is 0. The Labute approximate surface area is 158 Å². The van der Waals surface area contributed by atoms with Crippen LogP contribution in [0.5, 0.6) is 0 Å². The van der Waals surface area contributed by atoms with Crippen molar-refractivity contribution < 1.29 is 4.79 Å². The molecule has 1 aromatic heterocycles. The summed E-state index contributed by atoms with van der Waals surface area (Å²) >= 11 is 0. The molecule has 2 fully saturated rings. The van der Waals surface area contributed by atoms with E-state index in [0.29, 0.717) is 18.4 Å². The Morgan fingerprint density at radius 3 is 2.92 bits per heavy atom. The lowest BCUT2D eigenvalue weighted by Crippen LogP contribution is -2.45. The average Bonchev–Trinajstić information content (AvgIpc) is 3.03. The van der Waals surface area contributed by atoms with Gasteiger partial charge in [-0.2, -0.15) is 0 Å². The van der Waals surface area contributed by atoms with Crippen LogP contribution in [0.1, 0.15) is 50.8 Å². The minimum absolute atomic E-state index is 0.297. The van der Waals surface area contributed by atoms with Gasteiger partial charge in [0, 0.05) is 51.0 Å². The molecule has 2 aliphatic heterocycles. The molecule has 0 aromatic carbocycles. The number of piperidine rings is 1. The average molecular weight is 362 g/mol. The molecule has 146 valence electrons. The first-order chi connectivity index (χ1) is 12.7. The minimum Gasteiger partial charge on any atom is -0.341 e. The maximum Gasteiger partial charge on any atom is 0.236 e. The second-order valence-electron chi connectivity index (χ2n) is 7.94. The summed E-state index contributed by atoms with van der Waals surface area (Å²) in [5.41, 5.74) is 0. The van der Waals surface area contributed by atoms with Crippen LogP contribution in [0.25, 0.3) is 0 Å². The van der Waals surface area contributed by atoms with E-state index in [2.05, 4.69) is 44.4 Å². The third kappa shape index (κ3) is 5.07. The van der Waals surface area contributed by atoms with E-state index in [1.54, 1.807) is 0 Å². The van der Waals surface area contributed by atoms with Crippen molar-refractivity contribution in [1.82, 2.24) is 24.3 Å². The van der Waals surface area contributed by atoms with Crippen molar-refractivity contribution in [2.75, 3.05) is 52.9 Å². The van der Waals surface area contributed by atoms with Crippen molar-refractivity contribution in [2.24, 2.45) is 0 Å². The second kappa shape index (κ2) is 9.51. The van der Waals surface area contributed by atoms with E-state index in [9.17, 15) is 4.79 Å². The first-order valence-corrected chi connectivity index (χ1v) is 10.4. The molecule has 0 saturated carbocycles. The van der Waals surface area contributed by atoms with Gasteiger partial charge in [0.1, 0.15) is 5.82 Å².